The monoisotopic (exact) mass is 273 g/mol. The molecule has 0 radical (unpaired) electrons. The van der Waals surface area contributed by atoms with Crippen LogP contribution in [0, 0.1) is 5.92 Å². The van der Waals surface area contributed by atoms with Gasteiger partial charge in [0.05, 0.1) is 24.4 Å². The summed E-state index contributed by atoms with van der Waals surface area (Å²) in [5.74, 6) is -0.318. The van der Waals surface area contributed by atoms with E-state index in [1.807, 2.05) is 6.92 Å². The fourth-order valence-corrected chi connectivity index (χ4v) is 2.44. The third-order valence-electron chi connectivity index (χ3n) is 3.60. The van der Waals surface area contributed by atoms with Crippen LogP contribution in [0.2, 0.25) is 0 Å². The standard InChI is InChI=1S/C12H23N3O4/c1-3-4-5-19-12-10(14-15-13)9(18-2)6-8(7-16)11(12)17/h8-12,16-17H,3-7H2,1-2H3/t8?,9-,10?,11+,12?/m0/s1. The summed E-state index contributed by atoms with van der Waals surface area (Å²) in [4.78, 5) is 2.81. The molecule has 2 N–H and O–H groups in total. The molecule has 1 aliphatic carbocycles. The van der Waals surface area contributed by atoms with Gasteiger partial charge in [0, 0.05) is 31.2 Å². The predicted octanol–water partition coefficient (Wildman–Crippen LogP) is 1.24. The number of rotatable bonds is 7. The number of nitrogens with zero attached hydrogens (tertiary/aromatic N) is 3. The van der Waals surface area contributed by atoms with Gasteiger partial charge in [-0.1, -0.05) is 18.5 Å². The van der Waals surface area contributed by atoms with Crippen molar-refractivity contribution in [1.82, 2.24) is 0 Å². The van der Waals surface area contributed by atoms with Gasteiger partial charge >= 0.3 is 0 Å². The van der Waals surface area contributed by atoms with Gasteiger partial charge in [-0.05, 0) is 18.4 Å². The maximum absolute atomic E-state index is 10.2. The highest BCUT2D eigenvalue weighted by atomic mass is 16.5. The normalized spacial score (nSPS) is 34.8. The van der Waals surface area contributed by atoms with Crippen LogP contribution in [-0.2, 0) is 9.47 Å². The molecule has 1 aliphatic rings. The van der Waals surface area contributed by atoms with Crippen molar-refractivity contribution >= 4 is 0 Å². The largest absolute Gasteiger partial charge is 0.396 e. The first-order valence-corrected chi connectivity index (χ1v) is 6.67. The minimum atomic E-state index is -0.844. The summed E-state index contributed by atoms with van der Waals surface area (Å²) in [6.45, 7) is 2.39. The summed E-state index contributed by atoms with van der Waals surface area (Å²) in [6, 6.07) is -0.565. The second-order valence-electron chi connectivity index (χ2n) is 4.83. The maximum Gasteiger partial charge on any atom is 0.0947 e. The second-order valence-corrected chi connectivity index (χ2v) is 4.83. The van der Waals surface area contributed by atoms with Crippen molar-refractivity contribution in [3.8, 4) is 0 Å². The Kier molecular flexibility index (Phi) is 7.12. The number of azide groups is 1. The molecule has 0 saturated heterocycles. The van der Waals surface area contributed by atoms with Gasteiger partial charge in [0.1, 0.15) is 0 Å². The molecule has 1 saturated carbocycles. The molecule has 1 rings (SSSR count). The fourth-order valence-electron chi connectivity index (χ4n) is 2.44. The third kappa shape index (κ3) is 4.06. The highest BCUT2D eigenvalue weighted by Crippen LogP contribution is 2.31. The number of hydrogen-bond donors (Lipinski definition) is 2. The van der Waals surface area contributed by atoms with Gasteiger partial charge in [-0.3, -0.25) is 0 Å². The predicted molar refractivity (Wildman–Crippen MR) is 69.6 cm³/mol. The third-order valence-corrected chi connectivity index (χ3v) is 3.60. The maximum atomic E-state index is 10.2. The van der Waals surface area contributed by atoms with Crippen molar-refractivity contribution in [1.29, 1.82) is 0 Å². The van der Waals surface area contributed by atoms with Gasteiger partial charge in [0.25, 0.3) is 0 Å². The number of unbranched alkanes of at least 4 members (excludes halogenated alkanes) is 1. The topological polar surface area (TPSA) is 108 Å². The van der Waals surface area contributed by atoms with E-state index in [0.29, 0.717) is 13.0 Å². The molecule has 0 heterocycles. The first-order chi connectivity index (χ1) is 9.19. The molecule has 3 unspecified atom stereocenters. The van der Waals surface area contributed by atoms with E-state index in [-0.39, 0.29) is 18.6 Å². The van der Waals surface area contributed by atoms with Gasteiger partial charge in [0.15, 0.2) is 0 Å². The first kappa shape index (κ1) is 16.2. The van der Waals surface area contributed by atoms with Crippen LogP contribution in [0.5, 0.6) is 0 Å². The zero-order valence-electron chi connectivity index (χ0n) is 11.5. The van der Waals surface area contributed by atoms with Crippen molar-refractivity contribution in [2.24, 2.45) is 11.0 Å². The molecule has 5 atom stereocenters. The highest BCUT2D eigenvalue weighted by molar-refractivity contribution is 4.98. The van der Waals surface area contributed by atoms with Crippen LogP contribution in [-0.4, -0.2) is 54.9 Å². The molecular formula is C12H23N3O4. The van der Waals surface area contributed by atoms with Crippen LogP contribution in [0.25, 0.3) is 10.4 Å². The van der Waals surface area contributed by atoms with Crippen molar-refractivity contribution in [3.05, 3.63) is 10.4 Å². The Hall–Kier alpha value is -0.850. The smallest absolute Gasteiger partial charge is 0.0947 e. The van der Waals surface area contributed by atoms with Crippen LogP contribution in [0.1, 0.15) is 26.2 Å². The Morgan fingerprint density at radius 1 is 1.47 bits per heavy atom. The molecule has 7 nitrogen and oxygen atoms in total. The lowest BCUT2D eigenvalue weighted by atomic mass is 9.80. The van der Waals surface area contributed by atoms with Crippen molar-refractivity contribution in [2.45, 2.75) is 50.5 Å². The van der Waals surface area contributed by atoms with E-state index in [1.165, 1.54) is 7.11 Å². The number of aliphatic hydroxyl groups is 2. The van der Waals surface area contributed by atoms with Gasteiger partial charge in [-0.25, -0.2) is 0 Å². The molecule has 0 bridgehead atoms. The molecule has 0 aromatic carbocycles. The number of aliphatic hydroxyl groups excluding tert-OH is 2. The lowest BCUT2D eigenvalue weighted by Gasteiger charge is -2.41. The summed E-state index contributed by atoms with van der Waals surface area (Å²) >= 11 is 0. The summed E-state index contributed by atoms with van der Waals surface area (Å²) in [7, 11) is 1.53. The number of ether oxygens (including phenoxy) is 2. The molecule has 0 amide bonds. The Bertz CT molecular complexity index is 309. The fraction of sp³-hybridized carbons (Fsp3) is 1.00. The Balaban J connectivity index is 2.83. The SMILES string of the molecule is CCCCOC1C(N=[N+]=[N-])[C@@H](OC)CC(CO)[C@H]1O. The lowest BCUT2D eigenvalue weighted by molar-refractivity contribution is -0.140. The molecule has 0 aliphatic heterocycles. The van der Waals surface area contributed by atoms with E-state index in [0.717, 1.165) is 12.8 Å². The van der Waals surface area contributed by atoms with Crippen LogP contribution in [0.3, 0.4) is 0 Å². The van der Waals surface area contributed by atoms with Crippen molar-refractivity contribution < 1.29 is 19.7 Å². The second kappa shape index (κ2) is 8.35. The van der Waals surface area contributed by atoms with Crippen molar-refractivity contribution in [3.63, 3.8) is 0 Å². The zero-order chi connectivity index (χ0) is 14.3. The van der Waals surface area contributed by atoms with Gasteiger partial charge in [0.2, 0.25) is 0 Å². The van der Waals surface area contributed by atoms with Gasteiger partial charge < -0.3 is 19.7 Å². The first-order valence-electron chi connectivity index (χ1n) is 6.67. The minimum absolute atomic E-state index is 0.141. The van der Waals surface area contributed by atoms with Gasteiger partial charge in [-0.2, -0.15) is 0 Å². The van der Waals surface area contributed by atoms with Crippen LogP contribution in [0.15, 0.2) is 5.11 Å². The average Bonchev–Trinajstić information content (AvgIpc) is 2.42. The quantitative estimate of drug-likeness (QED) is 0.315. The van der Waals surface area contributed by atoms with E-state index in [1.54, 1.807) is 0 Å². The summed E-state index contributed by atoms with van der Waals surface area (Å²) in [6.07, 6.45) is 0.482. The number of hydrogen-bond acceptors (Lipinski definition) is 5. The summed E-state index contributed by atoms with van der Waals surface area (Å²) in [5.41, 5.74) is 8.65. The van der Waals surface area contributed by atoms with Crippen LogP contribution >= 0.6 is 0 Å². The van der Waals surface area contributed by atoms with Crippen LogP contribution in [0.4, 0.5) is 0 Å². The Labute approximate surface area is 113 Å². The molecule has 0 spiro atoms. The summed E-state index contributed by atoms with van der Waals surface area (Å²) < 4.78 is 11.0. The molecule has 7 heteroatoms. The van der Waals surface area contributed by atoms with E-state index >= 15 is 0 Å². The average molecular weight is 273 g/mol. The van der Waals surface area contributed by atoms with E-state index in [2.05, 4.69) is 10.0 Å². The van der Waals surface area contributed by atoms with E-state index < -0.39 is 18.2 Å². The lowest BCUT2D eigenvalue weighted by Crippen LogP contribution is -2.55. The number of methoxy groups -OCH3 is 1. The van der Waals surface area contributed by atoms with E-state index in [9.17, 15) is 10.2 Å². The molecule has 1 fully saturated rings. The van der Waals surface area contributed by atoms with Crippen LogP contribution < -0.4 is 0 Å². The van der Waals surface area contributed by atoms with Gasteiger partial charge in [-0.15, -0.1) is 0 Å². The molecule has 0 aromatic rings. The van der Waals surface area contributed by atoms with E-state index in [4.69, 9.17) is 15.0 Å². The Morgan fingerprint density at radius 3 is 2.74 bits per heavy atom. The molecule has 0 aromatic heterocycles. The highest BCUT2D eigenvalue weighted by Gasteiger charge is 2.44. The molecule has 19 heavy (non-hydrogen) atoms. The summed E-state index contributed by atoms with van der Waals surface area (Å²) in [5, 5.41) is 23.2. The molecular weight excluding hydrogens is 250 g/mol. The minimum Gasteiger partial charge on any atom is -0.396 e. The van der Waals surface area contributed by atoms with Crippen molar-refractivity contribution in [2.75, 3.05) is 20.3 Å². The zero-order valence-corrected chi connectivity index (χ0v) is 11.5. The Morgan fingerprint density at radius 2 is 2.21 bits per heavy atom. The molecule has 110 valence electrons.